The number of aliphatic hydroxyl groups is 1. The first-order valence-corrected chi connectivity index (χ1v) is 4.38. The van der Waals surface area contributed by atoms with Crippen LogP contribution in [0.1, 0.15) is 13.8 Å². The molecule has 7 heteroatoms. The molecule has 1 amide bonds. The van der Waals surface area contributed by atoms with Crippen LogP contribution in [0.25, 0.3) is 0 Å². The number of aliphatic hydroxyl groups excluding tert-OH is 1. The third kappa shape index (κ3) is 9.13. The van der Waals surface area contributed by atoms with Gasteiger partial charge in [-0.2, -0.15) is 0 Å². The Hall–Kier alpha value is -1.18. The van der Waals surface area contributed by atoms with E-state index in [9.17, 15) is 9.59 Å². The van der Waals surface area contributed by atoms with Crippen molar-refractivity contribution >= 4 is 11.9 Å². The van der Waals surface area contributed by atoms with E-state index < -0.39 is 24.0 Å². The van der Waals surface area contributed by atoms with Gasteiger partial charge in [-0.1, -0.05) is 13.8 Å². The van der Waals surface area contributed by atoms with Crippen LogP contribution in [0.3, 0.4) is 0 Å². The van der Waals surface area contributed by atoms with E-state index in [1.807, 2.05) is 0 Å². The second kappa shape index (κ2) is 8.16. The minimum atomic E-state index is -0.931. The van der Waals surface area contributed by atoms with E-state index in [2.05, 4.69) is 5.73 Å². The summed E-state index contributed by atoms with van der Waals surface area (Å²) in [5, 5.41) is 16.3. The van der Waals surface area contributed by atoms with E-state index in [0.29, 0.717) is 0 Å². The molecule has 8 N–H and O–H groups in total. The molecule has 7 nitrogen and oxygen atoms in total. The second-order valence-corrected chi connectivity index (χ2v) is 3.30. The van der Waals surface area contributed by atoms with Crippen LogP contribution in [0.4, 0.5) is 0 Å². The number of carbonyl (C=O) groups excluding carboxylic acids is 1. The van der Waals surface area contributed by atoms with Crippen molar-refractivity contribution in [2.75, 3.05) is 6.61 Å². The third-order valence-electron chi connectivity index (χ3n) is 1.57. The van der Waals surface area contributed by atoms with Gasteiger partial charge >= 0.3 is 5.97 Å². The molecule has 0 aromatic carbocycles. The lowest BCUT2D eigenvalue weighted by Crippen LogP contribution is -2.39. The van der Waals surface area contributed by atoms with Crippen molar-refractivity contribution in [3.63, 3.8) is 0 Å². The predicted molar refractivity (Wildman–Crippen MR) is 54.7 cm³/mol. The molecule has 0 bridgehead atoms. The molecule has 0 aliphatic carbocycles. The zero-order valence-corrected chi connectivity index (χ0v) is 8.88. The molecule has 0 unspecified atom stereocenters. The van der Waals surface area contributed by atoms with E-state index >= 15 is 0 Å². The summed E-state index contributed by atoms with van der Waals surface area (Å²) < 4.78 is 0. The minimum absolute atomic E-state index is 0.0208. The maximum absolute atomic E-state index is 10.0. The van der Waals surface area contributed by atoms with Gasteiger partial charge < -0.3 is 27.4 Å². The highest BCUT2D eigenvalue weighted by atomic mass is 16.4. The van der Waals surface area contributed by atoms with Gasteiger partial charge in [0.2, 0.25) is 5.91 Å². The van der Waals surface area contributed by atoms with Gasteiger partial charge in [-0.25, -0.2) is 0 Å². The first kappa shape index (κ1) is 16.3. The van der Waals surface area contributed by atoms with Crippen molar-refractivity contribution < 1.29 is 19.8 Å². The van der Waals surface area contributed by atoms with Crippen LogP contribution in [0.5, 0.6) is 0 Å². The van der Waals surface area contributed by atoms with Gasteiger partial charge in [0.05, 0.1) is 6.61 Å². The minimum Gasteiger partial charge on any atom is -0.480 e. The molecule has 0 saturated heterocycles. The molecule has 15 heavy (non-hydrogen) atoms. The summed E-state index contributed by atoms with van der Waals surface area (Å²) >= 11 is 0. The standard InChI is InChI=1S/C5H11NO2.C3H8N2O2/c1-3(2)4(6)5(7)8;4-2(1-6)3(5)7/h3-4H,6H2,1-2H3,(H,7,8);2,6H,1,4H2,(H2,5,7)/t4-;2-/m00/s1. The number of hydrogen-bond acceptors (Lipinski definition) is 5. The van der Waals surface area contributed by atoms with Crippen molar-refractivity contribution in [3.05, 3.63) is 0 Å². The maximum atomic E-state index is 10.0. The largest absolute Gasteiger partial charge is 0.480 e. The van der Waals surface area contributed by atoms with Crippen molar-refractivity contribution in [2.45, 2.75) is 25.9 Å². The lowest BCUT2D eigenvalue weighted by Gasteiger charge is -2.07. The molecular weight excluding hydrogens is 202 g/mol. The molecule has 2 atom stereocenters. The Balaban J connectivity index is 0. The fourth-order valence-electron chi connectivity index (χ4n) is 0.375. The average Bonchev–Trinajstić information content (AvgIpc) is 2.15. The van der Waals surface area contributed by atoms with E-state index in [0.717, 1.165) is 0 Å². The summed E-state index contributed by atoms with van der Waals surface area (Å²) in [4.78, 5) is 19.9. The summed E-state index contributed by atoms with van der Waals surface area (Å²) in [6, 6.07) is -1.62. The number of amides is 1. The summed E-state index contributed by atoms with van der Waals surface area (Å²) in [6.45, 7) is 3.17. The molecule has 0 rings (SSSR count). The van der Waals surface area contributed by atoms with Crippen molar-refractivity contribution in [3.8, 4) is 0 Å². The Morgan fingerprint density at radius 2 is 1.67 bits per heavy atom. The van der Waals surface area contributed by atoms with Crippen LogP contribution in [0, 0.1) is 5.92 Å². The summed E-state index contributed by atoms with van der Waals surface area (Å²) in [7, 11) is 0. The number of carboxylic acid groups (broad SMARTS) is 1. The summed E-state index contributed by atoms with van der Waals surface area (Å²) in [6.07, 6.45) is 0. The maximum Gasteiger partial charge on any atom is 0.320 e. The van der Waals surface area contributed by atoms with Crippen LogP contribution in [0.2, 0.25) is 0 Å². The van der Waals surface area contributed by atoms with E-state index in [1.165, 1.54) is 0 Å². The zero-order chi connectivity index (χ0) is 12.6. The number of hydrogen-bond donors (Lipinski definition) is 5. The van der Waals surface area contributed by atoms with E-state index in [4.69, 9.17) is 21.7 Å². The summed E-state index contributed by atoms with van der Waals surface area (Å²) in [5.41, 5.74) is 14.7. The molecule has 0 saturated carbocycles. The van der Waals surface area contributed by atoms with Gasteiger partial charge in [0, 0.05) is 0 Å². The molecule has 0 radical (unpaired) electrons. The lowest BCUT2D eigenvalue weighted by atomic mass is 10.1. The quantitative estimate of drug-likeness (QED) is 0.364. The monoisotopic (exact) mass is 221 g/mol. The van der Waals surface area contributed by atoms with Gasteiger partial charge in [0.1, 0.15) is 12.1 Å². The highest BCUT2D eigenvalue weighted by Gasteiger charge is 2.14. The number of rotatable bonds is 4. The fraction of sp³-hybridized carbons (Fsp3) is 0.750. The smallest absolute Gasteiger partial charge is 0.320 e. The number of aliphatic carboxylic acids is 1. The lowest BCUT2D eigenvalue weighted by molar-refractivity contribution is -0.139. The average molecular weight is 221 g/mol. The van der Waals surface area contributed by atoms with Gasteiger partial charge in [-0.3, -0.25) is 9.59 Å². The third-order valence-corrected chi connectivity index (χ3v) is 1.57. The van der Waals surface area contributed by atoms with E-state index in [1.54, 1.807) is 13.8 Å². The Morgan fingerprint density at radius 3 is 1.67 bits per heavy atom. The molecule has 90 valence electrons. The molecule has 0 aliphatic rings. The normalized spacial score (nSPS) is 13.7. The topological polar surface area (TPSA) is 153 Å². The first-order chi connectivity index (χ1) is 6.73. The predicted octanol–water partition coefficient (Wildman–Crippen LogP) is -2.15. The van der Waals surface area contributed by atoms with Crippen LogP contribution in [-0.4, -0.2) is 40.8 Å². The highest BCUT2D eigenvalue weighted by molar-refractivity contribution is 5.79. The molecule has 0 fully saturated rings. The van der Waals surface area contributed by atoms with Gasteiger partial charge in [-0.05, 0) is 5.92 Å². The molecule has 0 heterocycles. The number of carbonyl (C=O) groups is 2. The number of primary amides is 1. The number of nitrogens with two attached hydrogens (primary N) is 3. The van der Waals surface area contributed by atoms with Gasteiger partial charge in [-0.15, -0.1) is 0 Å². The molecular formula is C8H19N3O4. The van der Waals surface area contributed by atoms with Crippen LogP contribution < -0.4 is 17.2 Å². The Morgan fingerprint density at radius 1 is 1.27 bits per heavy atom. The van der Waals surface area contributed by atoms with Crippen LogP contribution >= 0.6 is 0 Å². The Labute approximate surface area is 88.2 Å². The molecule has 0 aliphatic heterocycles. The van der Waals surface area contributed by atoms with Crippen molar-refractivity contribution in [2.24, 2.45) is 23.1 Å². The SMILES string of the molecule is CC(C)[C@H](N)C(=O)O.NC(=O)[C@@H](N)CO. The first-order valence-electron chi connectivity index (χ1n) is 4.38. The Kier molecular flexibility index (Phi) is 8.84. The zero-order valence-electron chi connectivity index (χ0n) is 8.88. The van der Waals surface area contributed by atoms with Crippen molar-refractivity contribution in [1.29, 1.82) is 0 Å². The fourth-order valence-corrected chi connectivity index (χ4v) is 0.375. The van der Waals surface area contributed by atoms with Crippen molar-refractivity contribution in [1.82, 2.24) is 0 Å². The Bertz CT molecular complexity index is 208. The molecule has 0 aromatic heterocycles. The highest BCUT2D eigenvalue weighted by Crippen LogP contribution is 1.96. The second-order valence-electron chi connectivity index (χ2n) is 3.30. The molecule has 0 spiro atoms. The van der Waals surface area contributed by atoms with Gasteiger partial charge in [0.15, 0.2) is 0 Å². The van der Waals surface area contributed by atoms with Gasteiger partial charge in [0.25, 0.3) is 0 Å². The van der Waals surface area contributed by atoms with E-state index in [-0.39, 0.29) is 12.5 Å². The molecule has 0 aromatic rings. The van der Waals surface area contributed by atoms with Crippen LogP contribution in [-0.2, 0) is 9.59 Å². The number of carboxylic acids is 1. The van der Waals surface area contributed by atoms with Crippen LogP contribution in [0.15, 0.2) is 0 Å². The summed E-state index contributed by atoms with van der Waals surface area (Å²) in [5.74, 6) is -1.59.